The van der Waals surface area contributed by atoms with E-state index in [4.69, 9.17) is 5.26 Å². The first-order valence-electron chi connectivity index (χ1n) is 6.62. The molecule has 1 heterocycles. The maximum absolute atomic E-state index is 11.3. The smallest absolute Gasteiger partial charge is 0.228 e. The van der Waals surface area contributed by atoms with Gasteiger partial charge in [0, 0.05) is 18.8 Å². The third-order valence-corrected chi connectivity index (χ3v) is 3.46. The first kappa shape index (κ1) is 13.6. The Balaban J connectivity index is 1.90. The Morgan fingerprint density at radius 1 is 1.47 bits per heavy atom. The highest BCUT2D eigenvalue weighted by atomic mass is 16.1. The number of nitriles is 1. The van der Waals surface area contributed by atoms with Crippen LogP contribution in [0.2, 0.25) is 0 Å². The summed E-state index contributed by atoms with van der Waals surface area (Å²) in [4.78, 5) is 11.3. The van der Waals surface area contributed by atoms with Crippen molar-refractivity contribution in [2.75, 3.05) is 11.9 Å². The molecule has 19 heavy (non-hydrogen) atoms. The molecule has 1 amide bonds. The summed E-state index contributed by atoms with van der Waals surface area (Å²) in [6, 6.07) is 8.32. The molecule has 1 atom stereocenters. The topological polar surface area (TPSA) is 64.9 Å². The SMILES string of the molecule is CC(C)C(C#N)CNCc1ccc2c(c1)CC(=O)N2. The van der Waals surface area contributed by atoms with Crippen molar-refractivity contribution in [2.24, 2.45) is 11.8 Å². The van der Waals surface area contributed by atoms with E-state index in [-0.39, 0.29) is 11.8 Å². The number of nitrogens with one attached hydrogen (secondary N) is 2. The third-order valence-electron chi connectivity index (χ3n) is 3.46. The molecule has 0 aliphatic carbocycles. The molecule has 0 aromatic heterocycles. The number of amides is 1. The van der Waals surface area contributed by atoms with Crippen molar-refractivity contribution in [1.82, 2.24) is 5.32 Å². The van der Waals surface area contributed by atoms with E-state index in [0.29, 0.717) is 18.9 Å². The molecule has 0 bridgehead atoms. The van der Waals surface area contributed by atoms with Gasteiger partial charge < -0.3 is 10.6 Å². The van der Waals surface area contributed by atoms with Crippen molar-refractivity contribution in [3.05, 3.63) is 29.3 Å². The molecule has 1 unspecified atom stereocenters. The molecule has 100 valence electrons. The highest BCUT2D eigenvalue weighted by Crippen LogP contribution is 2.23. The lowest BCUT2D eigenvalue weighted by Crippen LogP contribution is -2.24. The molecular formula is C15H19N3O. The van der Waals surface area contributed by atoms with Crippen molar-refractivity contribution in [1.29, 1.82) is 5.26 Å². The van der Waals surface area contributed by atoms with Crippen molar-refractivity contribution in [2.45, 2.75) is 26.8 Å². The quantitative estimate of drug-likeness (QED) is 0.848. The van der Waals surface area contributed by atoms with Crippen LogP contribution < -0.4 is 10.6 Å². The van der Waals surface area contributed by atoms with E-state index in [9.17, 15) is 4.79 Å². The van der Waals surface area contributed by atoms with Gasteiger partial charge in [-0.3, -0.25) is 4.79 Å². The number of anilines is 1. The number of carbonyl (C=O) groups excluding carboxylic acids is 1. The van der Waals surface area contributed by atoms with Crippen molar-refractivity contribution in [3.63, 3.8) is 0 Å². The van der Waals surface area contributed by atoms with E-state index in [1.807, 2.05) is 12.1 Å². The lowest BCUT2D eigenvalue weighted by molar-refractivity contribution is -0.115. The van der Waals surface area contributed by atoms with Crippen molar-refractivity contribution >= 4 is 11.6 Å². The summed E-state index contributed by atoms with van der Waals surface area (Å²) in [5.74, 6) is 0.460. The van der Waals surface area contributed by atoms with Gasteiger partial charge in [0.1, 0.15) is 0 Å². The predicted molar refractivity (Wildman–Crippen MR) is 74.4 cm³/mol. The van der Waals surface area contributed by atoms with Crippen LogP contribution in [0.1, 0.15) is 25.0 Å². The van der Waals surface area contributed by atoms with Crippen LogP contribution >= 0.6 is 0 Å². The molecule has 4 nitrogen and oxygen atoms in total. The summed E-state index contributed by atoms with van der Waals surface area (Å²) in [6.07, 6.45) is 0.468. The standard InChI is InChI=1S/C15H19N3O/c1-10(2)13(7-16)9-17-8-11-3-4-14-12(5-11)6-15(19)18-14/h3-5,10,13,17H,6,8-9H2,1-2H3,(H,18,19). The Kier molecular flexibility index (Phi) is 4.18. The molecule has 1 aliphatic heterocycles. The molecular weight excluding hydrogens is 238 g/mol. The molecule has 1 aliphatic rings. The minimum atomic E-state index is 0.0395. The third kappa shape index (κ3) is 3.33. The van der Waals surface area contributed by atoms with E-state index < -0.39 is 0 Å². The number of carbonyl (C=O) groups is 1. The second-order valence-electron chi connectivity index (χ2n) is 5.33. The molecule has 0 spiro atoms. The Morgan fingerprint density at radius 2 is 2.26 bits per heavy atom. The van der Waals surface area contributed by atoms with Crippen LogP contribution in [-0.4, -0.2) is 12.5 Å². The number of hydrogen-bond acceptors (Lipinski definition) is 3. The van der Waals surface area contributed by atoms with Gasteiger partial charge >= 0.3 is 0 Å². The lowest BCUT2D eigenvalue weighted by atomic mass is 9.97. The zero-order valence-electron chi connectivity index (χ0n) is 11.4. The van der Waals surface area contributed by atoms with Gasteiger partial charge in [0.2, 0.25) is 5.91 Å². The minimum Gasteiger partial charge on any atom is -0.326 e. The first-order valence-corrected chi connectivity index (χ1v) is 6.62. The number of nitrogens with zero attached hydrogens (tertiary/aromatic N) is 1. The summed E-state index contributed by atoms with van der Waals surface area (Å²) >= 11 is 0. The molecule has 0 fully saturated rings. The molecule has 4 heteroatoms. The van der Waals surface area contributed by atoms with Crippen LogP contribution in [0.25, 0.3) is 0 Å². The van der Waals surface area contributed by atoms with E-state index >= 15 is 0 Å². The second kappa shape index (κ2) is 5.85. The minimum absolute atomic E-state index is 0.0395. The fourth-order valence-corrected chi connectivity index (χ4v) is 2.20. The summed E-state index contributed by atoms with van der Waals surface area (Å²) in [5.41, 5.74) is 3.13. The van der Waals surface area contributed by atoms with E-state index in [0.717, 1.165) is 23.4 Å². The summed E-state index contributed by atoms with van der Waals surface area (Å²) in [5, 5.41) is 15.1. The van der Waals surface area contributed by atoms with Crippen LogP contribution in [0.4, 0.5) is 5.69 Å². The number of hydrogen-bond donors (Lipinski definition) is 2. The van der Waals surface area contributed by atoms with Crippen molar-refractivity contribution in [3.8, 4) is 6.07 Å². The van der Waals surface area contributed by atoms with Crippen LogP contribution in [0.15, 0.2) is 18.2 Å². The summed E-state index contributed by atoms with van der Waals surface area (Å²) in [7, 11) is 0. The molecule has 2 rings (SSSR count). The highest BCUT2D eigenvalue weighted by Gasteiger charge is 2.17. The van der Waals surface area contributed by atoms with Gasteiger partial charge in [0.15, 0.2) is 0 Å². The average molecular weight is 257 g/mol. The van der Waals surface area contributed by atoms with Crippen LogP contribution in [-0.2, 0) is 17.8 Å². The van der Waals surface area contributed by atoms with Crippen molar-refractivity contribution < 1.29 is 4.79 Å². The maximum atomic E-state index is 11.3. The normalized spacial score (nSPS) is 14.9. The molecule has 1 aromatic rings. The highest BCUT2D eigenvalue weighted by molar-refractivity contribution is 5.99. The van der Waals surface area contributed by atoms with Crippen LogP contribution in [0, 0.1) is 23.2 Å². The number of fused-ring (bicyclic) bond motifs is 1. The molecule has 1 aromatic carbocycles. The van der Waals surface area contributed by atoms with Crippen LogP contribution in [0.3, 0.4) is 0 Å². The average Bonchev–Trinajstić information content (AvgIpc) is 2.73. The monoisotopic (exact) mass is 257 g/mol. The predicted octanol–water partition coefficient (Wildman–Crippen LogP) is 2.07. The lowest BCUT2D eigenvalue weighted by Gasteiger charge is -2.14. The molecule has 0 saturated carbocycles. The Morgan fingerprint density at radius 3 is 2.95 bits per heavy atom. The Hall–Kier alpha value is -1.86. The second-order valence-corrected chi connectivity index (χ2v) is 5.33. The largest absolute Gasteiger partial charge is 0.326 e. The Labute approximate surface area is 113 Å². The van der Waals surface area contributed by atoms with Gasteiger partial charge in [-0.1, -0.05) is 26.0 Å². The molecule has 0 saturated heterocycles. The molecule has 0 radical (unpaired) electrons. The van der Waals surface area contributed by atoms with Crippen LogP contribution in [0.5, 0.6) is 0 Å². The Bertz CT molecular complexity index is 517. The van der Waals surface area contributed by atoms with E-state index in [1.54, 1.807) is 0 Å². The summed E-state index contributed by atoms with van der Waals surface area (Å²) in [6.45, 7) is 5.54. The van der Waals surface area contributed by atoms with E-state index in [2.05, 4.69) is 36.6 Å². The molecule has 2 N–H and O–H groups in total. The number of benzene rings is 1. The maximum Gasteiger partial charge on any atom is 0.228 e. The first-order chi connectivity index (χ1) is 9.10. The van der Waals surface area contributed by atoms with Gasteiger partial charge in [-0.2, -0.15) is 5.26 Å². The summed E-state index contributed by atoms with van der Waals surface area (Å²) < 4.78 is 0. The zero-order valence-corrected chi connectivity index (χ0v) is 11.4. The van der Waals surface area contributed by atoms with Gasteiger partial charge in [-0.15, -0.1) is 0 Å². The fourth-order valence-electron chi connectivity index (χ4n) is 2.20. The zero-order chi connectivity index (χ0) is 13.8. The van der Waals surface area contributed by atoms with Gasteiger partial charge in [-0.05, 0) is 23.1 Å². The van der Waals surface area contributed by atoms with Gasteiger partial charge in [-0.25, -0.2) is 0 Å². The van der Waals surface area contributed by atoms with Gasteiger partial charge in [0.25, 0.3) is 0 Å². The fraction of sp³-hybridized carbons (Fsp3) is 0.467. The van der Waals surface area contributed by atoms with Gasteiger partial charge in [0.05, 0.1) is 18.4 Å². The van der Waals surface area contributed by atoms with E-state index in [1.165, 1.54) is 0 Å². The number of rotatable bonds is 5.